The van der Waals surface area contributed by atoms with Crippen LogP contribution >= 0.6 is 15.9 Å². The van der Waals surface area contributed by atoms with Crippen LogP contribution in [0.5, 0.6) is 5.75 Å². The first kappa shape index (κ1) is 8.46. The van der Waals surface area contributed by atoms with Gasteiger partial charge in [-0.15, -0.1) is 0 Å². The van der Waals surface area contributed by atoms with Gasteiger partial charge in [-0.3, -0.25) is 0 Å². The Morgan fingerprint density at radius 2 is 2.45 bits per heavy atom. The predicted molar refractivity (Wildman–Crippen MR) is 43.4 cm³/mol. The minimum absolute atomic E-state index is 0.522. The molecule has 0 saturated carbocycles. The van der Waals surface area contributed by atoms with Crippen LogP contribution in [-0.4, -0.2) is 12.1 Å². The van der Waals surface area contributed by atoms with E-state index in [-0.39, 0.29) is 0 Å². The van der Waals surface area contributed by atoms with Gasteiger partial charge in [0.1, 0.15) is 5.75 Å². The fourth-order valence-corrected chi connectivity index (χ4v) is 1.15. The Labute approximate surface area is 72.5 Å². The number of aromatic nitrogens is 1. The zero-order valence-electron chi connectivity index (χ0n) is 5.97. The zero-order valence-corrected chi connectivity index (χ0v) is 7.56. The molecule has 2 nitrogen and oxygen atoms in total. The van der Waals surface area contributed by atoms with Crippen molar-refractivity contribution in [2.75, 3.05) is 7.11 Å². The molecular formula is C7H7BrFNO. The van der Waals surface area contributed by atoms with E-state index in [9.17, 15) is 4.39 Å². The molecule has 1 heterocycles. The van der Waals surface area contributed by atoms with Gasteiger partial charge in [0.25, 0.3) is 0 Å². The summed E-state index contributed by atoms with van der Waals surface area (Å²) < 4.78 is 17.4. The van der Waals surface area contributed by atoms with Gasteiger partial charge in [0, 0.05) is 23.2 Å². The molecule has 0 atom stereocenters. The van der Waals surface area contributed by atoms with Crippen molar-refractivity contribution in [3.8, 4) is 5.75 Å². The molecule has 0 aromatic carbocycles. The molecule has 0 spiro atoms. The summed E-state index contributed by atoms with van der Waals surface area (Å²) in [5.74, 6) is 0.000856. The molecule has 1 rings (SSSR count). The lowest BCUT2D eigenvalue weighted by Gasteiger charge is -2.03. The van der Waals surface area contributed by atoms with Crippen LogP contribution in [0.2, 0.25) is 0 Å². The average Bonchev–Trinajstić information content (AvgIpc) is 2.04. The Morgan fingerprint density at radius 3 is 3.00 bits per heavy atom. The maximum Gasteiger partial charge on any atom is 0.216 e. The third kappa shape index (κ3) is 1.89. The van der Waals surface area contributed by atoms with Crippen LogP contribution in [0.15, 0.2) is 12.3 Å². The molecule has 0 aliphatic carbocycles. The van der Waals surface area contributed by atoms with E-state index in [4.69, 9.17) is 4.74 Å². The lowest BCUT2D eigenvalue weighted by atomic mass is 10.3. The van der Waals surface area contributed by atoms with Gasteiger partial charge in [-0.05, 0) is 0 Å². The molecule has 0 amide bonds. The second-order valence-electron chi connectivity index (χ2n) is 1.95. The topological polar surface area (TPSA) is 22.1 Å². The standard InChI is InChI=1S/C7H7BrFNO/c1-11-6-2-7(9)10-4-5(6)3-8/h2,4H,3H2,1H3. The van der Waals surface area contributed by atoms with Crippen LogP contribution in [0.4, 0.5) is 4.39 Å². The van der Waals surface area contributed by atoms with Gasteiger partial charge < -0.3 is 4.74 Å². The fraction of sp³-hybridized carbons (Fsp3) is 0.286. The maximum absolute atomic E-state index is 12.5. The number of methoxy groups -OCH3 is 1. The molecule has 0 aliphatic rings. The summed E-state index contributed by atoms with van der Waals surface area (Å²) in [4.78, 5) is 3.48. The molecule has 0 unspecified atom stereocenters. The van der Waals surface area contributed by atoms with Crippen LogP contribution < -0.4 is 4.74 Å². The lowest BCUT2D eigenvalue weighted by Crippen LogP contribution is -1.92. The molecule has 0 fully saturated rings. The molecule has 0 radical (unpaired) electrons. The van der Waals surface area contributed by atoms with Crippen molar-refractivity contribution >= 4 is 15.9 Å². The molecular weight excluding hydrogens is 213 g/mol. The number of halogens is 2. The van der Waals surface area contributed by atoms with Crippen molar-refractivity contribution in [3.63, 3.8) is 0 Å². The summed E-state index contributed by atoms with van der Waals surface area (Å²) in [5, 5.41) is 0.615. The van der Waals surface area contributed by atoms with Gasteiger partial charge in [0.05, 0.1) is 7.11 Å². The summed E-state index contributed by atoms with van der Waals surface area (Å²) in [7, 11) is 1.50. The van der Waals surface area contributed by atoms with E-state index in [0.717, 1.165) is 5.56 Å². The molecule has 60 valence electrons. The number of nitrogens with zero attached hydrogens (tertiary/aromatic N) is 1. The second-order valence-corrected chi connectivity index (χ2v) is 2.51. The van der Waals surface area contributed by atoms with Crippen molar-refractivity contribution in [3.05, 3.63) is 23.8 Å². The number of ether oxygens (including phenoxy) is 1. The summed E-state index contributed by atoms with van der Waals surface area (Å²) >= 11 is 3.23. The van der Waals surface area contributed by atoms with E-state index in [2.05, 4.69) is 20.9 Å². The number of pyridine rings is 1. The molecule has 4 heteroatoms. The van der Waals surface area contributed by atoms with Crippen molar-refractivity contribution in [2.45, 2.75) is 5.33 Å². The van der Waals surface area contributed by atoms with Crippen LogP contribution in [-0.2, 0) is 5.33 Å². The van der Waals surface area contributed by atoms with Crippen LogP contribution in [0.25, 0.3) is 0 Å². The highest BCUT2D eigenvalue weighted by atomic mass is 79.9. The van der Waals surface area contributed by atoms with E-state index >= 15 is 0 Å². The van der Waals surface area contributed by atoms with Gasteiger partial charge in [-0.25, -0.2) is 4.98 Å². The molecule has 0 saturated heterocycles. The Bertz CT molecular complexity index is 254. The van der Waals surface area contributed by atoms with Gasteiger partial charge >= 0.3 is 0 Å². The third-order valence-corrected chi connectivity index (χ3v) is 1.88. The SMILES string of the molecule is COc1cc(F)ncc1CBr. The maximum atomic E-state index is 12.5. The highest BCUT2D eigenvalue weighted by Gasteiger charge is 2.02. The second kappa shape index (κ2) is 3.67. The monoisotopic (exact) mass is 219 g/mol. The summed E-state index contributed by atoms with van der Waals surface area (Å²) in [6.45, 7) is 0. The normalized spacial score (nSPS) is 9.73. The Kier molecular flexibility index (Phi) is 2.82. The summed E-state index contributed by atoms with van der Waals surface area (Å²) in [6, 6.07) is 1.26. The number of rotatable bonds is 2. The Balaban J connectivity index is 3.06. The molecule has 1 aromatic rings. The Hall–Kier alpha value is -0.640. The third-order valence-electron chi connectivity index (χ3n) is 1.27. The summed E-state index contributed by atoms with van der Waals surface area (Å²) in [5.41, 5.74) is 0.842. The fourth-order valence-electron chi connectivity index (χ4n) is 0.732. The molecule has 11 heavy (non-hydrogen) atoms. The van der Waals surface area contributed by atoms with Crippen molar-refractivity contribution in [1.82, 2.24) is 4.98 Å². The van der Waals surface area contributed by atoms with Crippen molar-refractivity contribution < 1.29 is 9.13 Å². The largest absolute Gasteiger partial charge is 0.496 e. The molecule has 1 aromatic heterocycles. The first-order valence-corrected chi connectivity index (χ1v) is 4.14. The minimum atomic E-state index is -0.522. The van der Waals surface area contributed by atoms with Gasteiger partial charge in [-0.1, -0.05) is 15.9 Å². The van der Waals surface area contributed by atoms with E-state index in [1.165, 1.54) is 19.4 Å². The quantitative estimate of drug-likeness (QED) is 0.562. The highest BCUT2D eigenvalue weighted by molar-refractivity contribution is 9.08. The van der Waals surface area contributed by atoms with E-state index in [0.29, 0.717) is 11.1 Å². The lowest BCUT2D eigenvalue weighted by molar-refractivity contribution is 0.405. The van der Waals surface area contributed by atoms with Crippen LogP contribution in [0.3, 0.4) is 0 Å². The molecule has 0 bridgehead atoms. The van der Waals surface area contributed by atoms with E-state index in [1.54, 1.807) is 0 Å². The molecule has 0 aliphatic heterocycles. The first-order valence-electron chi connectivity index (χ1n) is 3.02. The predicted octanol–water partition coefficient (Wildman–Crippen LogP) is 2.12. The number of hydrogen-bond acceptors (Lipinski definition) is 2. The zero-order chi connectivity index (χ0) is 8.27. The summed E-state index contributed by atoms with van der Waals surface area (Å²) in [6.07, 6.45) is 1.45. The Morgan fingerprint density at radius 1 is 1.73 bits per heavy atom. The van der Waals surface area contributed by atoms with Gasteiger partial charge in [-0.2, -0.15) is 4.39 Å². The number of hydrogen-bond donors (Lipinski definition) is 0. The van der Waals surface area contributed by atoms with Crippen molar-refractivity contribution in [1.29, 1.82) is 0 Å². The van der Waals surface area contributed by atoms with Gasteiger partial charge in [0.2, 0.25) is 5.95 Å². The van der Waals surface area contributed by atoms with E-state index < -0.39 is 5.95 Å². The average molecular weight is 220 g/mol. The van der Waals surface area contributed by atoms with Crippen LogP contribution in [0.1, 0.15) is 5.56 Å². The van der Waals surface area contributed by atoms with Crippen molar-refractivity contribution in [2.24, 2.45) is 0 Å². The van der Waals surface area contributed by atoms with Crippen LogP contribution in [0, 0.1) is 5.95 Å². The highest BCUT2D eigenvalue weighted by Crippen LogP contribution is 2.19. The molecule has 0 N–H and O–H groups in total. The minimum Gasteiger partial charge on any atom is -0.496 e. The van der Waals surface area contributed by atoms with E-state index in [1.807, 2.05) is 0 Å². The smallest absolute Gasteiger partial charge is 0.216 e. The first-order chi connectivity index (χ1) is 5.27. The number of alkyl halides is 1. The van der Waals surface area contributed by atoms with Gasteiger partial charge in [0.15, 0.2) is 0 Å².